The summed E-state index contributed by atoms with van der Waals surface area (Å²) in [4.78, 5) is 24.6. The number of hydrogen-bond donors (Lipinski definition) is 1. The molecule has 5 nitrogen and oxygen atoms in total. The number of carbonyl (C=O) groups is 2. The first-order valence-corrected chi connectivity index (χ1v) is 9.11. The lowest BCUT2D eigenvalue weighted by atomic mass is 9.94. The van der Waals surface area contributed by atoms with Gasteiger partial charge in [0, 0.05) is 6.04 Å². The second-order valence-electron chi connectivity index (χ2n) is 6.99. The minimum Gasteiger partial charge on any atom is -0.423 e. The lowest BCUT2D eigenvalue weighted by molar-refractivity contribution is -0.129. The van der Waals surface area contributed by atoms with Crippen molar-refractivity contribution >= 4 is 25.2 Å². The number of aryl methyl sites for hydroxylation is 1. The van der Waals surface area contributed by atoms with E-state index < -0.39 is 11.9 Å². The quantitative estimate of drug-likeness (QED) is 0.501. The van der Waals surface area contributed by atoms with E-state index in [1.165, 1.54) is 0 Å². The molecule has 2 aromatic carbocycles. The number of rotatable bonds is 4. The molecule has 0 bridgehead atoms. The highest BCUT2D eigenvalue weighted by Crippen LogP contribution is 2.25. The molecule has 0 aliphatic heterocycles. The van der Waals surface area contributed by atoms with E-state index in [-0.39, 0.29) is 12.0 Å². The van der Waals surface area contributed by atoms with Gasteiger partial charge in [0.15, 0.2) is 0 Å². The fraction of sp³-hybridized carbons (Fsp3) is 0.182. The maximum absolute atomic E-state index is 12.3. The summed E-state index contributed by atoms with van der Waals surface area (Å²) in [5.41, 5.74) is 8.60. The average molecular weight is 375 g/mol. The number of nitrogens with two attached hydrogens (primary N) is 1. The van der Waals surface area contributed by atoms with Gasteiger partial charge in [-0.05, 0) is 48.7 Å². The molecule has 0 saturated carbocycles. The van der Waals surface area contributed by atoms with E-state index in [2.05, 4.69) is 0 Å². The van der Waals surface area contributed by atoms with E-state index in [1.807, 2.05) is 26.9 Å². The van der Waals surface area contributed by atoms with Crippen molar-refractivity contribution in [1.29, 1.82) is 0 Å². The summed E-state index contributed by atoms with van der Waals surface area (Å²) in [6.45, 7) is 3.73. The molecule has 0 amide bonds. The molecule has 0 spiro atoms. The topological polar surface area (TPSA) is 78.6 Å². The minimum atomic E-state index is -0.446. The Bertz CT molecular complexity index is 963. The van der Waals surface area contributed by atoms with Gasteiger partial charge in [-0.15, -0.1) is 0 Å². The Morgan fingerprint density at radius 3 is 2.39 bits per heavy atom. The lowest BCUT2D eigenvalue weighted by Crippen LogP contribution is -2.28. The third-order valence-electron chi connectivity index (χ3n) is 4.63. The zero-order valence-corrected chi connectivity index (χ0v) is 16.1. The van der Waals surface area contributed by atoms with Crippen LogP contribution in [-0.4, -0.2) is 25.8 Å². The van der Waals surface area contributed by atoms with Crippen LogP contribution in [0.3, 0.4) is 0 Å². The highest BCUT2D eigenvalue weighted by molar-refractivity contribution is 6.32. The Morgan fingerprint density at radius 2 is 1.75 bits per heavy atom. The first-order chi connectivity index (χ1) is 13.3. The van der Waals surface area contributed by atoms with Crippen LogP contribution in [0, 0.1) is 12.8 Å². The normalized spacial score (nSPS) is 18.3. The number of ether oxygens (including phenoxy) is 2. The smallest absolute Gasteiger partial charge is 0.343 e. The largest absolute Gasteiger partial charge is 0.423 e. The van der Waals surface area contributed by atoms with E-state index in [0.717, 1.165) is 5.46 Å². The van der Waals surface area contributed by atoms with Gasteiger partial charge >= 0.3 is 11.9 Å². The molecule has 6 heteroatoms. The molecule has 0 heterocycles. The molecule has 2 N–H and O–H groups in total. The van der Waals surface area contributed by atoms with E-state index in [0.29, 0.717) is 28.2 Å². The minimum absolute atomic E-state index is 0.0675. The molecular formula is C22H22BNO4. The number of carbonyl (C=O) groups excluding carboxylic acids is 2. The van der Waals surface area contributed by atoms with Gasteiger partial charge in [-0.1, -0.05) is 42.7 Å². The molecule has 1 aliphatic carbocycles. The summed E-state index contributed by atoms with van der Waals surface area (Å²) >= 11 is 0. The highest BCUT2D eigenvalue weighted by Gasteiger charge is 2.19. The molecule has 142 valence electrons. The molecule has 2 unspecified atom stereocenters. The third kappa shape index (κ3) is 4.59. The van der Waals surface area contributed by atoms with Crippen molar-refractivity contribution in [2.45, 2.75) is 19.9 Å². The maximum Gasteiger partial charge on any atom is 0.343 e. The zero-order valence-electron chi connectivity index (χ0n) is 16.1. The van der Waals surface area contributed by atoms with Crippen LogP contribution in [0.15, 0.2) is 66.3 Å². The molecule has 0 radical (unpaired) electrons. The van der Waals surface area contributed by atoms with Crippen molar-refractivity contribution in [1.82, 2.24) is 0 Å². The monoisotopic (exact) mass is 375 g/mol. The second kappa shape index (κ2) is 8.27. The lowest BCUT2D eigenvalue weighted by Gasteiger charge is -2.18. The van der Waals surface area contributed by atoms with Crippen LogP contribution in [0.4, 0.5) is 0 Å². The van der Waals surface area contributed by atoms with E-state index >= 15 is 0 Å². The van der Waals surface area contributed by atoms with E-state index in [4.69, 9.17) is 15.2 Å². The Morgan fingerprint density at radius 1 is 1.04 bits per heavy atom. The van der Waals surface area contributed by atoms with Gasteiger partial charge in [-0.25, -0.2) is 9.59 Å². The predicted octanol–water partition coefficient (Wildman–Crippen LogP) is 1.84. The van der Waals surface area contributed by atoms with Crippen LogP contribution in [-0.2, 0) is 4.79 Å². The first-order valence-electron chi connectivity index (χ1n) is 9.11. The third-order valence-corrected chi connectivity index (χ3v) is 4.63. The van der Waals surface area contributed by atoms with Crippen molar-refractivity contribution in [3.63, 3.8) is 0 Å². The Labute approximate surface area is 165 Å². The van der Waals surface area contributed by atoms with Crippen molar-refractivity contribution in [2.75, 3.05) is 0 Å². The average Bonchev–Trinajstić information content (AvgIpc) is 2.66. The number of benzene rings is 2. The maximum atomic E-state index is 12.3. The first kappa shape index (κ1) is 19.6. The molecule has 0 saturated heterocycles. The predicted molar refractivity (Wildman–Crippen MR) is 111 cm³/mol. The second-order valence-corrected chi connectivity index (χ2v) is 6.99. The molecule has 2 atom stereocenters. The van der Waals surface area contributed by atoms with E-state index in [9.17, 15) is 9.59 Å². The SMILES string of the molecule is Bc1ccc(C(=O)Oc2ccc(OC(=O)C3=CC(C)C(N)C=C3)cc2C)cc1. The fourth-order valence-corrected chi connectivity index (χ4v) is 2.79. The zero-order chi connectivity index (χ0) is 20.3. The molecule has 3 rings (SSSR count). The van der Waals surface area contributed by atoms with Crippen LogP contribution in [0.2, 0.25) is 0 Å². The summed E-state index contributed by atoms with van der Waals surface area (Å²) in [7, 11) is 1.95. The van der Waals surface area contributed by atoms with Gasteiger partial charge < -0.3 is 15.2 Å². The van der Waals surface area contributed by atoms with E-state index in [1.54, 1.807) is 55.5 Å². The summed E-state index contributed by atoms with van der Waals surface area (Å²) in [5.74, 6) is -0.0106. The van der Waals surface area contributed by atoms with Crippen molar-refractivity contribution < 1.29 is 19.1 Å². The molecule has 0 aromatic heterocycles. The van der Waals surface area contributed by atoms with Crippen LogP contribution >= 0.6 is 0 Å². The Balaban J connectivity index is 1.68. The summed E-state index contributed by atoms with van der Waals surface area (Å²) in [6, 6.07) is 11.9. The molecule has 28 heavy (non-hydrogen) atoms. The fourth-order valence-electron chi connectivity index (χ4n) is 2.79. The standard InChI is InChI=1S/C22H22BNO4/c1-13-11-16(5-9-19(13)24)22(26)27-18-8-10-20(14(2)12-18)28-21(25)15-3-6-17(23)7-4-15/h3-13,19H,23-24H2,1-2H3. The van der Waals surface area contributed by atoms with Crippen LogP contribution in [0.25, 0.3) is 0 Å². The number of hydrogen-bond acceptors (Lipinski definition) is 5. The molecular weight excluding hydrogens is 353 g/mol. The molecule has 1 aliphatic rings. The van der Waals surface area contributed by atoms with Crippen LogP contribution in [0.5, 0.6) is 11.5 Å². The van der Waals surface area contributed by atoms with Crippen LogP contribution < -0.4 is 20.7 Å². The number of esters is 2. The summed E-state index contributed by atoms with van der Waals surface area (Å²) in [6.07, 6.45) is 5.27. The van der Waals surface area contributed by atoms with Gasteiger partial charge in [-0.3, -0.25) is 0 Å². The van der Waals surface area contributed by atoms with Gasteiger partial charge in [0.1, 0.15) is 19.3 Å². The van der Waals surface area contributed by atoms with Gasteiger partial charge in [0.05, 0.1) is 11.1 Å². The molecule has 2 aromatic rings. The van der Waals surface area contributed by atoms with Crippen LogP contribution in [0.1, 0.15) is 22.8 Å². The van der Waals surface area contributed by atoms with Gasteiger partial charge in [0.2, 0.25) is 0 Å². The highest BCUT2D eigenvalue weighted by atomic mass is 16.5. The Hall–Kier alpha value is -3.12. The van der Waals surface area contributed by atoms with Gasteiger partial charge in [0.25, 0.3) is 0 Å². The van der Waals surface area contributed by atoms with Crippen molar-refractivity contribution in [3.8, 4) is 11.5 Å². The Kier molecular flexibility index (Phi) is 5.80. The van der Waals surface area contributed by atoms with Crippen molar-refractivity contribution in [2.24, 2.45) is 11.7 Å². The van der Waals surface area contributed by atoms with Crippen molar-refractivity contribution in [3.05, 3.63) is 77.4 Å². The summed E-state index contributed by atoms with van der Waals surface area (Å²) < 4.78 is 10.9. The van der Waals surface area contributed by atoms with Gasteiger partial charge in [-0.2, -0.15) is 0 Å². The molecule has 0 fully saturated rings. The summed E-state index contributed by atoms with van der Waals surface area (Å²) in [5, 5.41) is 0.